The van der Waals surface area contributed by atoms with Gasteiger partial charge < -0.3 is 9.64 Å². The molecule has 0 fully saturated rings. The van der Waals surface area contributed by atoms with E-state index in [2.05, 4.69) is 16.7 Å². The van der Waals surface area contributed by atoms with E-state index in [0.29, 0.717) is 31.0 Å². The highest BCUT2D eigenvalue weighted by molar-refractivity contribution is 7.99. The molecule has 2 heterocycles. The van der Waals surface area contributed by atoms with Crippen LogP contribution in [-0.2, 0) is 4.79 Å². The second kappa shape index (κ2) is 11.4. The molecule has 3 aromatic rings. The molecule has 0 bridgehead atoms. The third-order valence-corrected chi connectivity index (χ3v) is 5.38. The molecule has 0 saturated carbocycles. The van der Waals surface area contributed by atoms with Crippen LogP contribution in [0.4, 0.5) is 5.69 Å². The zero-order valence-electron chi connectivity index (χ0n) is 16.5. The summed E-state index contributed by atoms with van der Waals surface area (Å²) >= 11 is 8.01. The van der Waals surface area contributed by atoms with Gasteiger partial charge in [0, 0.05) is 30.7 Å². The minimum absolute atomic E-state index is 0.0287. The molecule has 0 spiro atoms. The third kappa shape index (κ3) is 6.11. The maximum Gasteiger partial charge on any atom is 0.228 e. The fourth-order valence-corrected chi connectivity index (χ4v) is 3.70. The molecule has 3 rings (SSSR count). The second-order valence-electron chi connectivity index (χ2n) is 6.28. The number of rotatable bonds is 11. The Morgan fingerprint density at radius 2 is 2.07 bits per heavy atom. The highest BCUT2D eigenvalue weighted by Crippen LogP contribution is 2.27. The maximum atomic E-state index is 12.8. The minimum atomic E-state index is -0.0287. The van der Waals surface area contributed by atoms with Crippen LogP contribution in [0.2, 0.25) is 5.15 Å². The molecule has 0 radical (unpaired) electrons. The second-order valence-corrected chi connectivity index (χ2v) is 7.86. The van der Waals surface area contributed by atoms with E-state index in [4.69, 9.17) is 16.3 Å². The van der Waals surface area contributed by atoms with Crippen LogP contribution in [-0.4, -0.2) is 45.3 Å². The van der Waals surface area contributed by atoms with Crippen molar-refractivity contribution in [3.05, 3.63) is 78.9 Å². The SMILES string of the molecule is C=CCN(C(=O)CCSCCOc1ccccc1)c1cn(-c2cccnc2)nc1Cl. The number of halogens is 1. The van der Waals surface area contributed by atoms with Crippen molar-refractivity contribution in [2.75, 3.05) is 29.6 Å². The topological polar surface area (TPSA) is 60.2 Å². The first-order valence-electron chi connectivity index (χ1n) is 9.51. The van der Waals surface area contributed by atoms with Gasteiger partial charge in [-0.25, -0.2) is 4.68 Å². The van der Waals surface area contributed by atoms with E-state index in [1.807, 2.05) is 42.5 Å². The van der Waals surface area contributed by atoms with Gasteiger partial charge in [0.15, 0.2) is 5.15 Å². The average molecular weight is 443 g/mol. The van der Waals surface area contributed by atoms with Crippen LogP contribution in [0, 0.1) is 0 Å². The summed E-state index contributed by atoms with van der Waals surface area (Å²) in [7, 11) is 0. The van der Waals surface area contributed by atoms with Gasteiger partial charge in [-0.15, -0.1) is 6.58 Å². The molecule has 0 N–H and O–H groups in total. The zero-order chi connectivity index (χ0) is 21.2. The normalized spacial score (nSPS) is 10.6. The Bertz CT molecular complexity index is 950. The van der Waals surface area contributed by atoms with Gasteiger partial charge in [0.05, 0.1) is 24.7 Å². The van der Waals surface area contributed by atoms with E-state index >= 15 is 0 Å². The predicted octanol–water partition coefficient (Wildman–Crippen LogP) is 4.64. The third-order valence-electron chi connectivity index (χ3n) is 4.17. The lowest BCUT2D eigenvalue weighted by Crippen LogP contribution is -2.31. The van der Waals surface area contributed by atoms with Crippen LogP contribution in [0.3, 0.4) is 0 Å². The smallest absolute Gasteiger partial charge is 0.228 e. The summed E-state index contributed by atoms with van der Waals surface area (Å²) in [6.07, 6.45) is 7.17. The van der Waals surface area contributed by atoms with Crippen molar-refractivity contribution in [1.82, 2.24) is 14.8 Å². The highest BCUT2D eigenvalue weighted by atomic mass is 35.5. The average Bonchev–Trinajstić information content (AvgIpc) is 3.17. The quantitative estimate of drug-likeness (QED) is 0.319. The Labute approximate surface area is 185 Å². The highest BCUT2D eigenvalue weighted by Gasteiger charge is 2.20. The molecule has 6 nitrogen and oxygen atoms in total. The lowest BCUT2D eigenvalue weighted by Gasteiger charge is -2.19. The number of pyridine rings is 1. The maximum absolute atomic E-state index is 12.8. The van der Waals surface area contributed by atoms with E-state index in [1.54, 1.807) is 46.0 Å². The summed E-state index contributed by atoms with van der Waals surface area (Å²) in [4.78, 5) is 18.5. The molecule has 0 unspecified atom stereocenters. The number of nitrogens with zero attached hydrogens (tertiary/aromatic N) is 4. The molecule has 0 aliphatic carbocycles. The number of aromatic nitrogens is 3. The van der Waals surface area contributed by atoms with Crippen molar-refractivity contribution in [3.63, 3.8) is 0 Å². The molecule has 1 amide bonds. The van der Waals surface area contributed by atoms with E-state index in [1.165, 1.54) is 0 Å². The van der Waals surface area contributed by atoms with Crippen LogP contribution in [0.5, 0.6) is 5.75 Å². The number of carbonyl (C=O) groups is 1. The van der Waals surface area contributed by atoms with Gasteiger partial charge in [-0.3, -0.25) is 9.78 Å². The number of ether oxygens (including phenoxy) is 1. The van der Waals surface area contributed by atoms with E-state index < -0.39 is 0 Å². The number of thioether (sulfide) groups is 1. The summed E-state index contributed by atoms with van der Waals surface area (Å²) in [6, 6.07) is 13.4. The molecule has 0 saturated heterocycles. The van der Waals surface area contributed by atoms with Crippen molar-refractivity contribution in [2.24, 2.45) is 0 Å². The predicted molar refractivity (Wildman–Crippen MR) is 123 cm³/mol. The first-order chi connectivity index (χ1) is 14.7. The number of para-hydroxylation sites is 1. The number of benzene rings is 1. The van der Waals surface area contributed by atoms with Gasteiger partial charge in [-0.2, -0.15) is 16.9 Å². The van der Waals surface area contributed by atoms with Crippen molar-refractivity contribution < 1.29 is 9.53 Å². The van der Waals surface area contributed by atoms with Gasteiger partial charge in [0.1, 0.15) is 11.4 Å². The number of carbonyl (C=O) groups excluding carboxylic acids is 1. The van der Waals surface area contributed by atoms with Crippen molar-refractivity contribution in [2.45, 2.75) is 6.42 Å². The van der Waals surface area contributed by atoms with Gasteiger partial charge in [0.2, 0.25) is 5.91 Å². The van der Waals surface area contributed by atoms with Crippen LogP contribution in [0.1, 0.15) is 6.42 Å². The molecule has 156 valence electrons. The van der Waals surface area contributed by atoms with Crippen LogP contribution < -0.4 is 9.64 Å². The Balaban J connectivity index is 1.52. The fourth-order valence-electron chi connectivity index (χ4n) is 2.74. The largest absolute Gasteiger partial charge is 0.493 e. The summed E-state index contributed by atoms with van der Waals surface area (Å²) in [5, 5.41) is 4.57. The van der Waals surface area contributed by atoms with E-state index in [0.717, 1.165) is 17.2 Å². The van der Waals surface area contributed by atoms with E-state index in [-0.39, 0.29) is 11.1 Å². The Kier molecular flexibility index (Phi) is 8.35. The molecule has 8 heteroatoms. The first-order valence-corrected chi connectivity index (χ1v) is 11.0. The summed E-state index contributed by atoms with van der Waals surface area (Å²) in [5.74, 6) is 2.33. The molecular formula is C22H23ClN4O2S. The van der Waals surface area contributed by atoms with Gasteiger partial charge in [0.25, 0.3) is 0 Å². The summed E-state index contributed by atoms with van der Waals surface area (Å²) in [6.45, 7) is 4.72. The first kappa shape index (κ1) is 21.9. The number of hydrogen-bond donors (Lipinski definition) is 0. The van der Waals surface area contributed by atoms with Crippen LogP contribution >= 0.6 is 23.4 Å². The van der Waals surface area contributed by atoms with Crippen molar-refractivity contribution in [1.29, 1.82) is 0 Å². The van der Waals surface area contributed by atoms with Gasteiger partial charge in [-0.05, 0) is 24.3 Å². The molecule has 30 heavy (non-hydrogen) atoms. The van der Waals surface area contributed by atoms with Crippen LogP contribution in [0.15, 0.2) is 73.7 Å². The Morgan fingerprint density at radius 3 is 2.80 bits per heavy atom. The molecule has 0 aliphatic heterocycles. The van der Waals surface area contributed by atoms with Gasteiger partial charge in [-0.1, -0.05) is 35.9 Å². The van der Waals surface area contributed by atoms with Crippen molar-refractivity contribution in [3.8, 4) is 11.4 Å². The zero-order valence-corrected chi connectivity index (χ0v) is 18.1. The number of amides is 1. The van der Waals surface area contributed by atoms with Gasteiger partial charge >= 0.3 is 0 Å². The lowest BCUT2D eigenvalue weighted by molar-refractivity contribution is -0.118. The number of hydrogen-bond acceptors (Lipinski definition) is 5. The molecule has 2 aromatic heterocycles. The molecule has 0 atom stereocenters. The number of anilines is 1. The molecule has 0 aliphatic rings. The summed E-state index contributed by atoms with van der Waals surface area (Å²) < 4.78 is 7.28. The molecular weight excluding hydrogens is 420 g/mol. The fraction of sp³-hybridized carbons (Fsp3) is 0.227. The minimum Gasteiger partial charge on any atom is -0.493 e. The van der Waals surface area contributed by atoms with Crippen molar-refractivity contribution >= 4 is 35.0 Å². The standard InChI is InChI=1S/C22H23ClN4O2S/c1-2-12-26(20-17-27(25-22(20)23)18-7-6-11-24-16-18)21(28)10-14-30-15-13-29-19-8-4-3-5-9-19/h2-9,11,16-17H,1,10,12-15H2. The molecule has 1 aromatic carbocycles. The summed E-state index contributed by atoms with van der Waals surface area (Å²) in [5.41, 5.74) is 1.33. The van der Waals surface area contributed by atoms with E-state index in [9.17, 15) is 4.79 Å². The Hall–Kier alpha value is -2.77. The monoisotopic (exact) mass is 442 g/mol. The Morgan fingerprint density at radius 1 is 1.23 bits per heavy atom. The van der Waals surface area contributed by atoms with Crippen LogP contribution in [0.25, 0.3) is 5.69 Å². The lowest BCUT2D eigenvalue weighted by atomic mass is 10.3.